The highest BCUT2D eigenvalue weighted by atomic mass is 16.5. The van der Waals surface area contributed by atoms with Crippen molar-refractivity contribution in [2.24, 2.45) is 0 Å². The maximum absolute atomic E-state index is 12.0. The van der Waals surface area contributed by atoms with Crippen molar-refractivity contribution in [1.82, 2.24) is 0 Å². The average Bonchev–Trinajstić information content (AvgIpc) is 2.54. The molecule has 5 heteroatoms. The molecule has 2 aromatic rings. The molecule has 5 nitrogen and oxygen atoms in total. The number of aryl methyl sites for hydroxylation is 1. The first-order valence-electron chi connectivity index (χ1n) is 6.66. The van der Waals surface area contributed by atoms with Gasteiger partial charge in [-0.05, 0) is 30.7 Å². The Morgan fingerprint density at radius 1 is 1.14 bits per heavy atom. The molecule has 0 spiro atoms. The third-order valence-corrected chi connectivity index (χ3v) is 3.18. The van der Waals surface area contributed by atoms with E-state index in [1.165, 1.54) is 13.2 Å². The molecule has 0 saturated heterocycles. The summed E-state index contributed by atoms with van der Waals surface area (Å²) >= 11 is 0. The molecule has 2 aromatic carbocycles. The van der Waals surface area contributed by atoms with Crippen molar-refractivity contribution in [3.8, 4) is 11.5 Å². The Morgan fingerprint density at radius 2 is 1.86 bits per heavy atom. The lowest BCUT2D eigenvalue weighted by atomic mass is 10.1. The van der Waals surface area contributed by atoms with Gasteiger partial charge in [0.2, 0.25) is 0 Å². The summed E-state index contributed by atoms with van der Waals surface area (Å²) in [5, 5.41) is 9.82. The van der Waals surface area contributed by atoms with E-state index in [-0.39, 0.29) is 17.1 Å². The van der Waals surface area contributed by atoms with Crippen LogP contribution in [0.1, 0.15) is 26.3 Å². The summed E-state index contributed by atoms with van der Waals surface area (Å²) in [5.41, 5.74) is 0.993. The molecular weight excluding hydrogens is 284 g/mol. The average molecular weight is 300 g/mol. The number of hydrogen-bond acceptors (Lipinski definition) is 5. The number of carbonyl (C=O) groups excluding carboxylic acids is 2. The number of para-hydroxylation sites is 1. The highest BCUT2D eigenvalue weighted by molar-refractivity contribution is 6.00. The van der Waals surface area contributed by atoms with Crippen LogP contribution in [0.15, 0.2) is 42.5 Å². The van der Waals surface area contributed by atoms with Crippen LogP contribution in [0.2, 0.25) is 0 Å². The van der Waals surface area contributed by atoms with Crippen LogP contribution >= 0.6 is 0 Å². The minimum absolute atomic E-state index is 0.0402. The van der Waals surface area contributed by atoms with Gasteiger partial charge < -0.3 is 14.6 Å². The molecule has 0 radical (unpaired) electrons. The van der Waals surface area contributed by atoms with Gasteiger partial charge in [-0.2, -0.15) is 0 Å². The number of benzene rings is 2. The Morgan fingerprint density at radius 3 is 2.59 bits per heavy atom. The number of phenols is 1. The van der Waals surface area contributed by atoms with Gasteiger partial charge in [0.05, 0.1) is 7.11 Å². The predicted molar refractivity (Wildman–Crippen MR) is 80.5 cm³/mol. The highest BCUT2D eigenvalue weighted by Gasteiger charge is 2.16. The van der Waals surface area contributed by atoms with Gasteiger partial charge in [-0.25, -0.2) is 4.79 Å². The summed E-state index contributed by atoms with van der Waals surface area (Å²) in [6, 6.07) is 11.3. The van der Waals surface area contributed by atoms with Crippen molar-refractivity contribution in [2.75, 3.05) is 13.7 Å². The largest absolute Gasteiger partial charge is 0.507 e. The summed E-state index contributed by atoms with van der Waals surface area (Å²) in [4.78, 5) is 23.9. The van der Waals surface area contributed by atoms with E-state index in [2.05, 4.69) is 0 Å². The van der Waals surface area contributed by atoms with Gasteiger partial charge in [0.15, 0.2) is 12.4 Å². The highest BCUT2D eigenvalue weighted by Crippen LogP contribution is 2.22. The quantitative estimate of drug-likeness (QED) is 0.679. The molecule has 0 fully saturated rings. The van der Waals surface area contributed by atoms with Crippen molar-refractivity contribution in [3.05, 3.63) is 59.2 Å². The van der Waals surface area contributed by atoms with E-state index >= 15 is 0 Å². The molecule has 0 aliphatic carbocycles. The Hall–Kier alpha value is -2.82. The Kier molecular flexibility index (Phi) is 4.78. The Balaban J connectivity index is 2.04. The summed E-state index contributed by atoms with van der Waals surface area (Å²) < 4.78 is 10.0. The molecule has 0 saturated carbocycles. The lowest BCUT2D eigenvalue weighted by molar-refractivity contribution is 0.0471. The number of phenolic OH excluding ortho intramolecular Hbond substituents is 1. The molecule has 2 rings (SSSR count). The van der Waals surface area contributed by atoms with Crippen LogP contribution < -0.4 is 4.74 Å². The van der Waals surface area contributed by atoms with Crippen molar-refractivity contribution in [1.29, 1.82) is 0 Å². The van der Waals surface area contributed by atoms with Gasteiger partial charge >= 0.3 is 5.97 Å². The number of ketones is 1. The van der Waals surface area contributed by atoms with E-state index in [1.54, 1.807) is 43.3 Å². The van der Waals surface area contributed by atoms with Gasteiger partial charge in [0.1, 0.15) is 17.1 Å². The molecular formula is C17H16O5. The molecule has 0 amide bonds. The van der Waals surface area contributed by atoms with Gasteiger partial charge in [0, 0.05) is 5.56 Å². The van der Waals surface area contributed by atoms with Crippen LogP contribution in [0.4, 0.5) is 0 Å². The van der Waals surface area contributed by atoms with E-state index in [0.717, 1.165) is 0 Å². The maximum atomic E-state index is 12.0. The SMILES string of the molecule is COc1cccc(C(=O)COC(=O)c2cccc(C)c2O)c1. The normalized spacial score (nSPS) is 10.1. The molecule has 22 heavy (non-hydrogen) atoms. The third kappa shape index (κ3) is 3.44. The van der Waals surface area contributed by atoms with Crippen LogP contribution in [0.25, 0.3) is 0 Å². The fourth-order valence-corrected chi connectivity index (χ4v) is 1.91. The number of aromatic hydroxyl groups is 1. The number of methoxy groups -OCH3 is 1. The zero-order chi connectivity index (χ0) is 16.1. The lowest BCUT2D eigenvalue weighted by Gasteiger charge is -2.08. The smallest absolute Gasteiger partial charge is 0.342 e. The maximum Gasteiger partial charge on any atom is 0.342 e. The molecule has 0 unspecified atom stereocenters. The van der Waals surface area contributed by atoms with Crippen LogP contribution in [0.3, 0.4) is 0 Å². The van der Waals surface area contributed by atoms with Crippen molar-refractivity contribution < 1.29 is 24.2 Å². The second-order valence-electron chi connectivity index (χ2n) is 4.70. The van der Waals surface area contributed by atoms with Crippen molar-refractivity contribution in [3.63, 3.8) is 0 Å². The van der Waals surface area contributed by atoms with Crippen LogP contribution in [-0.2, 0) is 4.74 Å². The summed E-state index contributed by atoms with van der Waals surface area (Å²) in [5.74, 6) is -0.674. The minimum atomic E-state index is -0.738. The summed E-state index contributed by atoms with van der Waals surface area (Å²) in [7, 11) is 1.50. The molecule has 0 bridgehead atoms. The summed E-state index contributed by atoms with van der Waals surface area (Å²) in [6.45, 7) is 1.27. The van der Waals surface area contributed by atoms with E-state index in [9.17, 15) is 14.7 Å². The minimum Gasteiger partial charge on any atom is -0.507 e. The fourth-order valence-electron chi connectivity index (χ4n) is 1.91. The van der Waals surface area contributed by atoms with Crippen LogP contribution in [0, 0.1) is 6.92 Å². The second-order valence-corrected chi connectivity index (χ2v) is 4.70. The molecule has 0 heterocycles. The van der Waals surface area contributed by atoms with E-state index in [0.29, 0.717) is 16.9 Å². The number of carbonyl (C=O) groups is 2. The second kappa shape index (κ2) is 6.76. The van der Waals surface area contributed by atoms with Crippen molar-refractivity contribution >= 4 is 11.8 Å². The Labute approximate surface area is 128 Å². The standard InChI is InChI=1S/C17H16O5/c1-11-5-3-8-14(16(11)19)17(20)22-10-15(18)12-6-4-7-13(9-12)21-2/h3-9,19H,10H2,1-2H3. The molecule has 1 N–H and O–H groups in total. The monoisotopic (exact) mass is 300 g/mol. The van der Waals surface area contributed by atoms with Gasteiger partial charge in [0.25, 0.3) is 0 Å². The van der Waals surface area contributed by atoms with E-state index in [4.69, 9.17) is 9.47 Å². The van der Waals surface area contributed by atoms with Gasteiger partial charge in [-0.1, -0.05) is 24.3 Å². The van der Waals surface area contributed by atoms with Crippen LogP contribution in [0.5, 0.6) is 11.5 Å². The molecule has 0 aliphatic rings. The third-order valence-electron chi connectivity index (χ3n) is 3.18. The first-order chi connectivity index (χ1) is 10.5. The molecule has 0 aromatic heterocycles. The predicted octanol–water partition coefficient (Wildman–Crippen LogP) is 2.75. The fraction of sp³-hybridized carbons (Fsp3) is 0.176. The first-order valence-corrected chi connectivity index (χ1v) is 6.66. The first kappa shape index (κ1) is 15.6. The van der Waals surface area contributed by atoms with Gasteiger partial charge in [-0.15, -0.1) is 0 Å². The van der Waals surface area contributed by atoms with Crippen molar-refractivity contribution in [2.45, 2.75) is 6.92 Å². The zero-order valence-electron chi connectivity index (χ0n) is 12.3. The summed E-state index contributed by atoms with van der Waals surface area (Å²) in [6.07, 6.45) is 0. The topological polar surface area (TPSA) is 72.8 Å². The van der Waals surface area contributed by atoms with Crippen LogP contribution in [-0.4, -0.2) is 30.6 Å². The lowest BCUT2D eigenvalue weighted by Crippen LogP contribution is -2.14. The van der Waals surface area contributed by atoms with E-state index in [1.807, 2.05) is 0 Å². The molecule has 114 valence electrons. The number of hydrogen-bond donors (Lipinski definition) is 1. The zero-order valence-corrected chi connectivity index (χ0v) is 12.3. The number of Topliss-reactive ketones (excluding diaryl/α,β-unsaturated/α-hetero) is 1. The number of esters is 1. The molecule has 0 atom stereocenters. The number of ether oxygens (including phenoxy) is 2. The molecule has 0 aliphatic heterocycles. The Bertz CT molecular complexity index is 706. The van der Waals surface area contributed by atoms with E-state index < -0.39 is 12.6 Å². The number of rotatable bonds is 5. The van der Waals surface area contributed by atoms with Gasteiger partial charge in [-0.3, -0.25) is 4.79 Å².